The molecule has 1 unspecified atom stereocenters. The summed E-state index contributed by atoms with van der Waals surface area (Å²) in [7, 11) is 0. The molecule has 2 rings (SSSR count). The molecule has 1 atom stereocenters. The fraction of sp³-hybridized carbons (Fsp3) is 0.462. The van der Waals surface area contributed by atoms with Gasteiger partial charge in [0.25, 0.3) is 0 Å². The Morgan fingerprint density at radius 1 is 1.45 bits per heavy atom. The molecule has 1 aromatic carbocycles. The Hall–Kier alpha value is -1.27. The maximum atomic E-state index is 13.1. The summed E-state index contributed by atoms with van der Waals surface area (Å²) in [4.78, 5) is 12.0. The van der Waals surface area contributed by atoms with Crippen molar-refractivity contribution in [1.82, 2.24) is 10.6 Å². The van der Waals surface area contributed by atoms with Crippen LogP contribution in [0.15, 0.2) is 24.3 Å². The number of nitrogens with one attached hydrogen (secondary N) is 2. The third-order valence-corrected chi connectivity index (χ3v) is 3.71. The molecule has 1 heterocycles. The van der Waals surface area contributed by atoms with Crippen LogP contribution in [0.1, 0.15) is 12.0 Å². The molecule has 1 aliphatic heterocycles. The predicted octanol–water partition coefficient (Wildman–Crippen LogP) is 2.50. The number of carbonyl (C=O) groups is 1. The Labute approximate surface area is 119 Å². The zero-order valence-electron chi connectivity index (χ0n) is 10.6. The van der Waals surface area contributed by atoms with Gasteiger partial charge in [-0.3, -0.25) is 4.79 Å². The van der Waals surface area contributed by atoms with Gasteiger partial charge in [0.05, 0.1) is 0 Å². The molecule has 2 N–H and O–H groups in total. The van der Waals surface area contributed by atoms with Gasteiger partial charge in [0.2, 0.25) is 5.91 Å². The number of alkyl halides is 3. The second-order valence-electron chi connectivity index (χ2n) is 4.82. The van der Waals surface area contributed by atoms with Crippen LogP contribution in [0.2, 0.25) is 5.02 Å². The smallest absolute Gasteiger partial charge is 0.351 e. The lowest BCUT2D eigenvalue weighted by atomic mass is 9.85. The zero-order valence-corrected chi connectivity index (χ0v) is 11.3. The van der Waals surface area contributed by atoms with E-state index in [0.29, 0.717) is 10.6 Å². The molecule has 1 fully saturated rings. The van der Waals surface area contributed by atoms with Crippen LogP contribution in [0.3, 0.4) is 0 Å². The molecule has 1 amide bonds. The normalized spacial score (nSPS) is 22.8. The minimum Gasteiger partial charge on any atom is -0.351 e. The first kappa shape index (κ1) is 15.1. The summed E-state index contributed by atoms with van der Waals surface area (Å²) in [6.45, 7) is -0.167. The van der Waals surface area contributed by atoms with Crippen LogP contribution in [0.4, 0.5) is 13.2 Å². The second-order valence-corrected chi connectivity index (χ2v) is 5.26. The molecule has 110 valence electrons. The van der Waals surface area contributed by atoms with Crippen LogP contribution < -0.4 is 10.6 Å². The van der Waals surface area contributed by atoms with Crippen LogP contribution >= 0.6 is 11.6 Å². The van der Waals surface area contributed by atoms with E-state index in [4.69, 9.17) is 11.6 Å². The van der Waals surface area contributed by atoms with E-state index in [9.17, 15) is 18.0 Å². The summed E-state index contributed by atoms with van der Waals surface area (Å²) in [5, 5.41) is 5.44. The van der Waals surface area contributed by atoms with Gasteiger partial charge in [0.15, 0.2) is 5.41 Å². The molecule has 0 aromatic heterocycles. The lowest BCUT2D eigenvalue weighted by molar-refractivity contribution is -0.216. The van der Waals surface area contributed by atoms with Crippen molar-refractivity contribution in [3.63, 3.8) is 0 Å². The molecule has 0 bridgehead atoms. The minimum absolute atomic E-state index is 0.0250. The Morgan fingerprint density at radius 3 is 2.75 bits per heavy atom. The number of halogens is 4. The first-order valence-electron chi connectivity index (χ1n) is 6.15. The van der Waals surface area contributed by atoms with E-state index in [-0.39, 0.29) is 26.1 Å². The number of benzene rings is 1. The molecule has 0 saturated carbocycles. The van der Waals surface area contributed by atoms with Crippen molar-refractivity contribution >= 4 is 17.5 Å². The average Bonchev–Trinajstić information content (AvgIpc) is 2.86. The molecule has 0 spiro atoms. The van der Waals surface area contributed by atoms with Crippen LogP contribution in [-0.4, -0.2) is 25.2 Å². The van der Waals surface area contributed by atoms with E-state index < -0.39 is 17.5 Å². The molecular weight excluding hydrogens is 293 g/mol. The van der Waals surface area contributed by atoms with Crippen LogP contribution in [0, 0.1) is 5.41 Å². The topological polar surface area (TPSA) is 41.1 Å². The van der Waals surface area contributed by atoms with E-state index >= 15 is 0 Å². The third kappa shape index (κ3) is 2.91. The molecule has 20 heavy (non-hydrogen) atoms. The largest absolute Gasteiger partial charge is 0.404 e. The van der Waals surface area contributed by atoms with Crippen molar-refractivity contribution in [3.05, 3.63) is 34.9 Å². The second kappa shape index (κ2) is 5.61. The molecule has 0 aliphatic carbocycles. The van der Waals surface area contributed by atoms with Gasteiger partial charge in [-0.05, 0) is 30.7 Å². The molecule has 3 nitrogen and oxygen atoms in total. The molecule has 1 aromatic rings. The number of hydrogen-bond donors (Lipinski definition) is 2. The van der Waals surface area contributed by atoms with Gasteiger partial charge in [-0.1, -0.05) is 23.7 Å². The van der Waals surface area contributed by atoms with E-state index in [1.165, 1.54) is 0 Å². The summed E-state index contributed by atoms with van der Waals surface area (Å²) >= 11 is 5.78. The number of carbonyl (C=O) groups excluding carboxylic acids is 1. The van der Waals surface area contributed by atoms with Crippen molar-refractivity contribution in [2.24, 2.45) is 5.41 Å². The SMILES string of the molecule is O=C(NCc1cccc(Cl)c1)C1(C(F)(F)F)CCNC1. The van der Waals surface area contributed by atoms with Gasteiger partial charge in [0.1, 0.15) is 0 Å². The molecule has 0 radical (unpaired) electrons. The molecule has 1 aliphatic rings. The third-order valence-electron chi connectivity index (χ3n) is 3.47. The summed E-state index contributed by atoms with van der Waals surface area (Å²) < 4.78 is 39.4. The van der Waals surface area contributed by atoms with Crippen molar-refractivity contribution < 1.29 is 18.0 Å². The molecular formula is C13H14ClF3N2O. The highest BCUT2D eigenvalue weighted by Crippen LogP contribution is 2.43. The number of rotatable bonds is 3. The lowest BCUT2D eigenvalue weighted by Gasteiger charge is -2.29. The zero-order chi connectivity index (χ0) is 14.8. The van der Waals surface area contributed by atoms with E-state index in [1.807, 2.05) is 0 Å². The van der Waals surface area contributed by atoms with E-state index in [2.05, 4.69) is 10.6 Å². The molecule has 1 saturated heterocycles. The average molecular weight is 307 g/mol. The van der Waals surface area contributed by atoms with Gasteiger partial charge in [-0.2, -0.15) is 13.2 Å². The first-order chi connectivity index (χ1) is 9.35. The van der Waals surface area contributed by atoms with Gasteiger partial charge < -0.3 is 10.6 Å². The highest BCUT2D eigenvalue weighted by molar-refractivity contribution is 6.30. The fourth-order valence-electron chi connectivity index (χ4n) is 2.25. The van der Waals surface area contributed by atoms with Crippen molar-refractivity contribution in [3.8, 4) is 0 Å². The summed E-state index contributed by atoms with van der Waals surface area (Å²) in [5.74, 6) is -0.991. The first-order valence-corrected chi connectivity index (χ1v) is 6.53. The Bertz CT molecular complexity index is 499. The molecule has 7 heteroatoms. The van der Waals surface area contributed by atoms with Gasteiger partial charge in [-0.25, -0.2) is 0 Å². The Balaban J connectivity index is 2.07. The van der Waals surface area contributed by atoms with Gasteiger partial charge in [-0.15, -0.1) is 0 Å². The minimum atomic E-state index is -4.56. The van der Waals surface area contributed by atoms with Crippen LogP contribution in [0.25, 0.3) is 0 Å². The quantitative estimate of drug-likeness (QED) is 0.901. The maximum Gasteiger partial charge on any atom is 0.404 e. The van der Waals surface area contributed by atoms with E-state index in [0.717, 1.165) is 0 Å². The summed E-state index contributed by atoms with van der Waals surface area (Å²) in [6, 6.07) is 6.64. The fourth-order valence-corrected chi connectivity index (χ4v) is 2.47. The van der Waals surface area contributed by atoms with Gasteiger partial charge in [0, 0.05) is 18.1 Å². The number of amides is 1. The van der Waals surface area contributed by atoms with Crippen molar-refractivity contribution in [2.45, 2.75) is 19.1 Å². The highest BCUT2D eigenvalue weighted by Gasteiger charge is 2.61. The van der Waals surface area contributed by atoms with Crippen molar-refractivity contribution in [2.75, 3.05) is 13.1 Å². The van der Waals surface area contributed by atoms with E-state index in [1.54, 1.807) is 24.3 Å². The van der Waals surface area contributed by atoms with Crippen LogP contribution in [0.5, 0.6) is 0 Å². The Kier molecular flexibility index (Phi) is 4.25. The number of hydrogen-bond acceptors (Lipinski definition) is 2. The highest BCUT2D eigenvalue weighted by atomic mass is 35.5. The monoisotopic (exact) mass is 306 g/mol. The van der Waals surface area contributed by atoms with Crippen molar-refractivity contribution in [1.29, 1.82) is 0 Å². The summed E-state index contributed by atoms with van der Waals surface area (Å²) in [6.07, 6.45) is -4.80. The van der Waals surface area contributed by atoms with Gasteiger partial charge >= 0.3 is 6.18 Å². The summed E-state index contributed by atoms with van der Waals surface area (Å²) in [5.41, 5.74) is -1.67. The standard InChI is InChI=1S/C13H14ClF3N2O/c14-10-3-1-2-9(6-10)7-19-11(20)12(13(15,16)17)4-5-18-8-12/h1-3,6,18H,4-5,7-8H2,(H,19,20). The predicted molar refractivity (Wildman–Crippen MR) is 69.3 cm³/mol. The Morgan fingerprint density at radius 2 is 2.20 bits per heavy atom. The lowest BCUT2D eigenvalue weighted by Crippen LogP contribution is -2.52. The van der Waals surface area contributed by atoms with Crippen LogP contribution in [-0.2, 0) is 11.3 Å². The maximum absolute atomic E-state index is 13.1.